The number of rotatable bonds is 6. The molecule has 0 saturated heterocycles. The molecule has 3 aromatic carbocycles. The Balaban J connectivity index is 1.88. The third-order valence-electron chi connectivity index (χ3n) is 4.60. The minimum atomic E-state index is -1.58. The zero-order valence-corrected chi connectivity index (χ0v) is 15.1. The van der Waals surface area contributed by atoms with E-state index in [1.54, 1.807) is 18.2 Å². The molecule has 0 aliphatic heterocycles. The standard InChI is InChI=1S/C21H18N2O5/c1-21(20(25)26,13-14-9-11-16(12-10-14)23(27)28)22-19(24)18-8-4-6-15-5-2-3-7-17(15)18/h2-12H,13H2,1H3,(H,22,24)(H,25,26). The van der Waals surface area contributed by atoms with Gasteiger partial charge in [0.2, 0.25) is 0 Å². The Labute approximate surface area is 160 Å². The fraction of sp³-hybridized carbons (Fsp3) is 0.143. The zero-order chi connectivity index (χ0) is 20.3. The molecule has 0 fully saturated rings. The number of carbonyl (C=O) groups is 2. The number of carboxylic acids is 1. The van der Waals surface area contributed by atoms with Gasteiger partial charge in [0.1, 0.15) is 5.54 Å². The highest BCUT2D eigenvalue weighted by molar-refractivity contribution is 6.08. The molecule has 1 unspecified atom stereocenters. The summed E-state index contributed by atoms with van der Waals surface area (Å²) < 4.78 is 0. The van der Waals surface area contributed by atoms with Gasteiger partial charge in [0.25, 0.3) is 11.6 Å². The smallest absolute Gasteiger partial charge is 0.329 e. The lowest BCUT2D eigenvalue weighted by molar-refractivity contribution is -0.384. The fourth-order valence-corrected chi connectivity index (χ4v) is 3.06. The van der Waals surface area contributed by atoms with Crippen LogP contribution in [0, 0.1) is 10.1 Å². The summed E-state index contributed by atoms with van der Waals surface area (Å²) in [5.74, 6) is -1.69. The molecule has 7 heteroatoms. The van der Waals surface area contributed by atoms with E-state index < -0.39 is 22.3 Å². The first-order chi connectivity index (χ1) is 13.3. The monoisotopic (exact) mass is 378 g/mol. The van der Waals surface area contributed by atoms with Gasteiger partial charge in [0.05, 0.1) is 4.92 Å². The van der Waals surface area contributed by atoms with Gasteiger partial charge in [-0.15, -0.1) is 0 Å². The van der Waals surface area contributed by atoms with E-state index in [0.29, 0.717) is 11.1 Å². The van der Waals surface area contributed by atoms with E-state index >= 15 is 0 Å². The summed E-state index contributed by atoms with van der Waals surface area (Å²) in [6, 6.07) is 18.2. The molecule has 0 saturated carbocycles. The van der Waals surface area contributed by atoms with E-state index in [0.717, 1.165) is 10.8 Å². The summed E-state index contributed by atoms with van der Waals surface area (Å²) in [4.78, 5) is 35.0. The van der Waals surface area contributed by atoms with Crippen LogP contribution in [0.4, 0.5) is 5.69 Å². The van der Waals surface area contributed by atoms with E-state index in [2.05, 4.69) is 5.32 Å². The third-order valence-corrected chi connectivity index (χ3v) is 4.60. The molecule has 142 valence electrons. The minimum Gasteiger partial charge on any atom is -0.480 e. The summed E-state index contributed by atoms with van der Waals surface area (Å²) in [7, 11) is 0. The Morgan fingerprint density at radius 1 is 1.04 bits per heavy atom. The number of carboxylic acid groups (broad SMARTS) is 1. The van der Waals surface area contributed by atoms with Gasteiger partial charge in [0, 0.05) is 24.1 Å². The average Bonchev–Trinajstić information content (AvgIpc) is 2.67. The number of benzene rings is 3. The Bertz CT molecular complexity index is 1060. The molecule has 0 aliphatic carbocycles. The van der Waals surface area contributed by atoms with Gasteiger partial charge in [-0.25, -0.2) is 4.79 Å². The maximum Gasteiger partial charge on any atom is 0.329 e. The molecule has 1 amide bonds. The van der Waals surface area contributed by atoms with Crippen LogP contribution in [0.15, 0.2) is 66.7 Å². The van der Waals surface area contributed by atoms with Crippen LogP contribution in [-0.4, -0.2) is 27.4 Å². The fourth-order valence-electron chi connectivity index (χ4n) is 3.06. The number of carbonyl (C=O) groups excluding carboxylic acids is 1. The molecular weight excluding hydrogens is 360 g/mol. The number of nitro benzene ring substituents is 1. The van der Waals surface area contributed by atoms with Crippen molar-refractivity contribution in [2.45, 2.75) is 18.9 Å². The van der Waals surface area contributed by atoms with Crippen molar-refractivity contribution < 1.29 is 19.6 Å². The molecule has 28 heavy (non-hydrogen) atoms. The van der Waals surface area contributed by atoms with Crippen LogP contribution < -0.4 is 5.32 Å². The molecule has 1 atom stereocenters. The van der Waals surface area contributed by atoms with Crippen molar-refractivity contribution in [2.24, 2.45) is 0 Å². The lowest BCUT2D eigenvalue weighted by Crippen LogP contribution is -2.53. The van der Waals surface area contributed by atoms with Crippen LogP contribution in [0.25, 0.3) is 10.8 Å². The van der Waals surface area contributed by atoms with Gasteiger partial charge in [-0.1, -0.05) is 48.5 Å². The average molecular weight is 378 g/mol. The maximum absolute atomic E-state index is 12.8. The minimum absolute atomic E-state index is 0.0170. The van der Waals surface area contributed by atoms with Crippen LogP contribution in [0.5, 0.6) is 0 Å². The normalized spacial score (nSPS) is 12.9. The van der Waals surface area contributed by atoms with Gasteiger partial charge in [0.15, 0.2) is 0 Å². The summed E-state index contributed by atoms with van der Waals surface area (Å²) in [5.41, 5.74) is -0.715. The predicted octanol–water partition coefficient (Wildman–Crippen LogP) is 3.56. The van der Waals surface area contributed by atoms with Gasteiger partial charge in [-0.3, -0.25) is 14.9 Å². The van der Waals surface area contributed by atoms with E-state index in [1.807, 2.05) is 24.3 Å². The van der Waals surface area contributed by atoms with Crippen molar-refractivity contribution in [3.63, 3.8) is 0 Å². The SMILES string of the molecule is CC(Cc1ccc([N+](=O)[O-])cc1)(NC(=O)c1cccc2ccccc12)C(=O)O. The lowest BCUT2D eigenvalue weighted by atomic mass is 9.92. The van der Waals surface area contributed by atoms with E-state index in [9.17, 15) is 24.8 Å². The summed E-state index contributed by atoms with van der Waals surface area (Å²) in [6.07, 6.45) is -0.0170. The number of amides is 1. The van der Waals surface area contributed by atoms with Crippen molar-refractivity contribution in [2.75, 3.05) is 0 Å². The first-order valence-corrected chi connectivity index (χ1v) is 8.57. The molecule has 0 aliphatic rings. The van der Waals surface area contributed by atoms with Gasteiger partial charge in [-0.05, 0) is 29.3 Å². The molecule has 0 radical (unpaired) electrons. The number of hydrogen-bond donors (Lipinski definition) is 2. The summed E-state index contributed by atoms with van der Waals surface area (Å²) >= 11 is 0. The molecule has 0 heterocycles. The lowest BCUT2D eigenvalue weighted by Gasteiger charge is -2.26. The van der Waals surface area contributed by atoms with Crippen molar-refractivity contribution in [1.29, 1.82) is 0 Å². The molecule has 0 aromatic heterocycles. The number of nitrogens with zero attached hydrogens (tertiary/aromatic N) is 1. The largest absolute Gasteiger partial charge is 0.480 e. The van der Waals surface area contributed by atoms with Gasteiger partial charge in [-0.2, -0.15) is 0 Å². The molecule has 3 rings (SSSR count). The second-order valence-electron chi connectivity index (χ2n) is 6.72. The van der Waals surface area contributed by atoms with Crippen LogP contribution in [-0.2, 0) is 11.2 Å². The first kappa shape index (κ1) is 19.0. The van der Waals surface area contributed by atoms with Crippen LogP contribution in [0.1, 0.15) is 22.8 Å². The highest BCUT2D eigenvalue weighted by atomic mass is 16.6. The van der Waals surface area contributed by atoms with Gasteiger partial charge >= 0.3 is 5.97 Å². The number of nitrogens with one attached hydrogen (secondary N) is 1. The molecule has 7 nitrogen and oxygen atoms in total. The Hall–Kier alpha value is -3.74. The van der Waals surface area contributed by atoms with E-state index in [-0.39, 0.29) is 12.1 Å². The number of fused-ring (bicyclic) bond motifs is 1. The second-order valence-corrected chi connectivity index (χ2v) is 6.72. The number of nitro groups is 1. The Kier molecular flexibility index (Phi) is 5.08. The van der Waals surface area contributed by atoms with E-state index in [1.165, 1.54) is 31.2 Å². The first-order valence-electron chi connectivity index (χ1n) is 8.57. The Morgan fingerprint density at radius 2 is 1.68 bits per heavy atom. The van der Waals surface area contributed by atoms with Crippen molar-refractivity contribution in [1.82, 2.24) is 5.32 Å². The second kappa shape index (κ2) is 7.48. The topological polar surface area (TPSA) is 110 Å². The summed E-state index contributed by atoms with van der Waals surface area (Å²) in [5, 5.41) is 24.7. The van der Waals surface area contributed by atoms with Crippen molar-refractivity contribution in [3.8, 4) is 0 Å². The summed E-state index contributed by atoms with van der Waals surface area (Å²) in [6.45, 7) is 1.42. The Morgan fingerprint density at radius 3 is 2.32 bits per heavy atom. The molecule has 0 bridgehead atoms. The molecule has 3 aromatic rings. The highest BCUT2D eigenvalue weighted by Gasteiger charge is 2.35. The van der Waals surface area contributed by atoms with Gasteiger partial charge < -0.3 is 10.4 Å². The zero-order valence-electron chi connectivity index (χ0n) is 15.1. The number of aliphatic carboxylic acids is 1. The quantitative estimate of drug-likeness (QED) is 0.503. The number of non-ortho nitro benzene ring substituents is 1. The van der Waals surface area contributed by atoms with Crippen LogP contribution in [0.2, 0.25) is 0 Å². The molecule has 2 N–H and O–H groups in total. The van der Waals surface area contributed by atoms with Crippen LogP contribution >= 0.6 is 0 Å². The maximum atomic E-state index is 12.8. The third kappa shape index (κ3) is 3.83. The molecular formula is C21H18N2O5. The highest BCUT2D eigenvalue weighted by Crippen LogP contribution is 2.21. The van der Waals surface area contributed by atoms with Crippen LogP contribution in [0.3, 0.4) is 0 Å². The number of hydrogen-bond acceptors (Lipinski definition) is 4. The predicted molar refractivity (Wildman–Crippen MR) is 104 cm³/mol. The van der Waals surface area contributed by atoms with Crippen molar-refractivity contribution in [3.05, 3.63) is 88.0 Å². The van der Waals surface area contributed by atoms with Crippen molar-refractivity contribution >= 4 is 28.3 Å². The van der Waals surface area contributed by atoms with E-state index in [4.69, 9.17) is 0 Å². The molecule has 0 spiro atoms.